The maximum atomic E-state index is 13.6. The highest BCUT2D eigenvalue weighted by Gasteiger charge is 2.49. The summed E-state index contributed by atoms with van der Waals surface area (Å²) >= 11 is 12.3. The molecule has 0 unspecified atom stereocenters. The summed E-state index contributed by atoms with van der Waals surface area (Å²) in [7, 11) is 0. The molecule has 0 saturated carbocycles. The van der Waals surface area contributed by atoms with Crippen LogP contribution in [0.2, 0.25) is 10.0 Å². The average Bonchev–Trinajstić information content (AvgIpc) is 3.14. The number of cyclic esters (lactones) is 1. The van der Waals surface area contributed by atoms with Crippen molar-refractivity contribution in [3.05, 3.63) is 28.2 Å². The fourth-order valence-corrected chi connectivity index (χ4v) is 8.86. The Hall–Kier alpha value is -2.29. The number of benzene rings is 1. The van der Waals surface area contributed by atoms with Gasteiger partial charge in [-0.2, -0.15) is 5.26 Å². The number of hydrogen-bond acceptors (Lipinski definition) is 12. The van der Waals surface area contributed by atoms with Crippen molar-refractivity contribution in [1.82, 2.24) is 9.80 Å². The lowest BCUT2D eigenvalue weighted by Gasteiger charge is -2.45. The third-order valence-corrected chi connectivity index (χ3v) is 12.3. The van der Waals surface area contributed by atoms with Crippen LogP contribution in [0.1, 0.15) is 94.4 Å². The van der Waals surface area contributed by atoms with Crippen LogP contribution in [0.3, 0.4) is 0 Å². The molecule has 16 heteroatoms. The number of esters is 1. The van der Waals surface area contributed by atoms with Gasteiger partial charge in [-0.25, -0.2) is 4.79 Å². The van der Waals surface area contributed by atoms with Gasteiger partial charge in [0.05, 0.1) is 53.0 Å². The summed E-state index contributed by atoms with van der Waals surface area (Å²) in [5.41, 5.74) is -3.19. The van der Waals surface area contributed by atoms with Gasteiger partial charge in [0, 0.05) is 43.2 Å². The first-order chi connectivity index (χ1) is 26.5. The Labute approximate surface area is 348 Å². The lowest BCUT2D eigenvalue weighted by atomic mass is 9.78. The molecule has 14 atom stereocenters. The van der Waals surface area contributed by atoms with Crippen molar-refractivity contribution in [2.75, 3.05) is 31.5 Å². The molecule has 2 saturated heterocycles. The number of urea groups is 1. The van der Waals surface area contributed by atoms with Crippen molar-refractivity contribution in [1.29, 1.82) is 5.26 Å². The lowest BCUT2D eigenvalue weighted by Crippen LogP contribution is -2.59. The van der Waals surface area contributed by atoms with Crippen molar-refractivity contribution in [2.24, 2.45) is 23.7 Å². The van der Waals surface area contributed by atoms with Gasteiger partial charge in [0.15, 0.2) is 6.29 Å². The molecule has 2 fully saturated rings. The molecule has 324 valence electrons. The van der Waals surface area contributed by atoms with Gasteiger partial charge in [-0.15, -0.1) is 0 Å². The van der Waals surface area contributed by atoms with Crippen molar-refractivity contribution in [3.8, 4) is 6.07 Å². The van der Waals surface area contributed by atoms with Crippen LogP contribution in [0, 0.1) is 35.0 Å². The van der Waals surface area contributed by atoms with Crippen LogP contribution >= 0.6 is 23.2 Å². The van der Waals surface area contributed by atoms with E-state index in [0.717, 1.165) is 0 Å². The molecule has 2 aliphatic rings. The second-order valence-electron chi connectivity index (χ2n) is 16.9. The van der Waals surface area contributed by atoms with Crippen molar-refractivity contribution >= 4 is 40.9 Å². The summed E-state index contributed by atoms with van der Waals surface area (Å²) in [5, 5.41) is 71.5. The molecule has 0 bridgehead atoms. The highest BCUT2D eigenvalue weighted by molar-refractivity contribution is 6.36. The number of aliphatic hydroxyl groups excluding tert-OH is 3. The van der Waals surface area contributed by atoms with E-state index in [0.29, 0.717) is 36.6 Å². The van der Waals surface area contributed by atoms with Gasteiger partial charge in [-0.3, -0.25) is 9.69 Å². The maximum absolute atomic E-state index is 13.6. The largest absolute Gasteiger partial charge is 0.459 e. The topological polar surface area (TPSA) is 205 Å². The first-order valence-corrected chi connectivity index (χ1v) is 20.9. The first kappa shape index (κ1) is 49.1. The number of anilines is 1. The third kappa shape index (κ3) is 12.9. The summed E-state index contributed by atoms with van der Waals surface area (Å²) in [6, 6.07) is 5.59. The van der Waals surface area contributed by atoms with Crippen LogP contribution in [0.15, 0.2) is 18.2 Å². The fourth-order valence-electron chi connectivity index (χ4n) is 8.40. The SMILES string of the molecule is CC[C@H]1OC(=O)[C@H](C)[C@@H](O)[C@H](C)[C@@H](O[C@H]2O[C@@H](C)C[C@@H](C)[C@@H]2O)[C@](C)(O)C[C@@H](C)CN(CCCN(CCC#N)C(=O)Nc2ccc(Cl)cc2Cl)[C@H](C)[C@@H](O)[C@]1(C)O. The van der Waals surface area contributed by atoms with Crippen LogP contribution < -0.4 is 5.32 Å². The van der Waals surface area contributed by atoms with Gasteiger partial charge in [-0.05, 0) is 90.3 Å². The standard InChI is InChI=1S/C41H66Cl2N4O10/c1-10-32-41(9,54)35(50)28(7)47(18-12-17-46(16-11-15-44)39(52)45-31-14-13-29(42)20-30(31)43)22-23(2)21-40(8,53)36(26(5)34(49)27(6)37(51)56-32)57-38-33(48)24(3)19-25(4)55-38/h13-14,20,23-28,32-36,38,48-50,53-54H,10-12,16-19,21-22H2,1-9H3,(H,45,52)/t23-,24-,25+,26+,27-,28-,32-,33+,34+,35-,36-,38-,40-,41-/m1/s1. The van der Waals surface area contributed by atoms with E-state index in [9.17, 15) is 40.4 Å². The first-order valence-electron chi connectivity index (χ1n) is 20.2. The third-order valence-electron chi connectivity index (χ3n) is 11.8. The molecule has 6 N–H and O–H groups in total. The molecule has 14 nitrogen and oxygen atoms in total. The normalized spacial score (nSPS) is 37.6. The van der Waals surface area contributed by atoms with Crippen LogP contribution in [0.5, 0.6) is 0 Å². The van der Waals surface area contributed by atoms with E-state index in [1.807, 2.05) is 25.7 Å². The Bertz CT molecular complexity index is 1510. The molecule has 2 amide bonds. The summed E-state index contributed by atoms with van der Waals surface area (Å²) in [6.07, 6.45) is -6.01. The highest BCUT2D eigenvalue weighted by Crippen LogP contribution is 2.37. The van der Waals surface area contributed by atoms with Crippen molar-refractivity contribution in [3.63, 3.8) is 0 Å². The fraction of sp³-hybridized carbons (Fsp3) is 0.780. The Balaban J connectivity index is 1.97. The van der Waals surface area contributed by atoms with E-state index >= 15 is 0 Å². The monoisotopic (exact) mass is 844 g/mol. The molecule has 2 aliphatic heterocycles. The molecule has 0 aromatic heterocycles. The number of nitriles is 1. The van der Waals surface area contributed by atoms with Crippen LogP contribution in [0.4, 0.5) is 10.5 Å². The molecule has 0 radical (unpaired) electrons. The summed E-state index contributed by atoms with van der Waals surface area (Å²) < 4.78 is 18.3. The van der Waals surface area contributed by atoms with Gasteiger partial charge in [0.2, 0.25) is 0 Å². The molecular formula is C41H66Cl2N4O10. The number of rotatable bonds is 10. The second-order valence-corrected chi connectivity index (χ2v) is 17.8. The number of ether oxygens (including phenoxy) is 3. The zero-order valence-corrected chi connectivity index (χ0v) is 36.4. The second kappa shape index (κ2) is 21.3. The quantitative estimate of drug-likeness (QED) is 0.168. The van der Waals surface area contributed by atoms with Crippen molar-refractivity contribution in [2.45, 2.75) is 155 Å². The number of nitrogens with one attached hydrogen (secondary N) is 1. The minimum atomic E-state index is -1.92. The van der Waals surface area contributed by atoms with E-state index in [1.54, 1.807) is 39.8 Å². The number of hydrogen-bond donors (Lipinski definition) is 6. The summed E-state index contributed by atoms with van der Waals surface area (Å²) in [4.78, 5) is 30.5. The number of halogens is 2. The van der Waals surface area contributed by atoms with Gasteiger partial charge >= 0.3 is 12.0 Å². The van der Waals surface area contributed by atoms with Crippen LogP contribution in [-0.2, 0) is 19.0 Å². The number of amides is 2. The molecular weight excluding hydrogens is 779 g/mol. The van der Waals surface area contributed by atoms with Crippen LogP contribution in [-0.4, -0.2) is 134 Å². The molecule has 1 aromatic rings. The van der Waals surface area contributed by atoms with Gasteiger partial charge in [0.1, 0.15) is 23.9 Å². The average molecular weight is 846 g/mol. The molecule has 1 aromatic carbocycles. The number of nitrogens with zero attached hydrogens (tertiary/aromatic N) is 3. The van der Waals surface area contributed by atoms with E-state index in [1.165, 1.54) is 24.8 Å². The van der Waals surface area contributed by atoms with Gasteiger partial charge in [-0.1, -0.05) is 50.9 Å². The Morgan fingerprint density at radius 3 is 2.37 bits per heavy atom. The Morgan fingerprint density at radius 2 is 1.75 bits per heavy atom. The predicted molar refractivity (Wildman–Crippen MR) is 217 cm³/mol. The smallest absolute Gasteiger partial charge is 0.321 e. The van der Waals surface area contributed by atoms with Gasteiger partial charge in [0.25, 0.3) is 0 Å². The summed E-state index contributed by atoms with van der Waals surface area (Å²) in [5.74, 6) is -3.22. The summed E-state index contributed by atoms with van der Waals surface area (Å²) in [6.45, 7) is 16.3. The minimum Gasteiger partial charge on any atom is -0.459 e. The van der Waals surface area contributed by atoms with Crippen molar-refractivity contribution < 1.29 is 49.3 Å². The van der Waals surface area contributed by atoms with E-state index < -0.39 is 77.9 Å². The Morgan fingerprint density at radius 1 is 1.09 bits per heavy atom. The Kier molecular flexibility index (Phi) is 18.3. The minimum absolute atomic E-state index is 0.0857. The van der Waals surface area contributed by atoms with Crippen LogP contribution in [0.25, 0.3) is 0 Å². The van der Waals surface area contributed by atoms with Gasteiger partial charge < -0.3 is 50.0 Å². The number of aliphatic hydroxyl groups is 5. The molecule has 2 heterocycles. The van der Waals surface area contributed by atoms with E-state index in [4.69, 9.17) is 37.4 Å². The molecule has 0 spiro atoms. The number of carbonyl (C=O) groups is 2. The lowest BCUT2D eigenvalue weighted by molar-refractivity contribution is -0.298. The predicted octanol–water partition coefficient (Wildman–Crippen LogP) is 5.20. The van der Waals surface area contributed by atoms with E-state index in [-0.39, 0.29) is 55.3 Å². The number of carbonyl (C=O) groups excluding carboxylic acids is 2. The van der Waals surface area contributed by atoms with E-state index in [2.05, 4.69) is 11.4 Å². The molecule has 3 rings (SSSR count). The highest BCUT2D eigenvalue weighted by atomic mass is 35.5. The zero-order valence-electron chi connectivity index (χ0n) is 34.9. The molecule has 0 aliphatic carbocycles. The molecule has 57 heavy (non-hydrogen) atoms. The maximum Gasteiger partial charge on any atom is 0.321 e. The zero-order chi connectivity index (χ0) is 43.0.